The van der Waals surface area contributed by atoms with Gasteiger partial charge in [0.15, 0.2) is 5.75 Å². The lowest BCUT2D eigenvalue weighted by atomic mass is 10.1. The standard InChI is InChI=1S/C35H52N2O3/c1-8-9-10-11-22-37-32-25-30(36)18-19-31(32)33(39-23-20-28(6)16-12-14-26(2)3)34(35(37)38)40-24-21-29(7)17-13-15-27(4)5/h14-15,18-21,25H,8-13,16-17,22-24,36H2,1-7H3. The predicted molar refractivity (Wildman–Crippen MR) is 173 cm³/mol. The first-order chi connectivity index (χ1) is 19.1. The molecule has 1 aromatic carbocycles. The molecule has 0 amide bonds. The average molecular weight is 549 g/mol. The van der Waals surface area contributed by atoms with Crippen LogP contribution < -0.4 is 20.8 Å². The lowest BCUT2D eigenvalue weighted by molar-refractivity contribution is 0.303. The van der Waals surface area contributed by atoms with Gasteiger partial charge in [-0.2, -0.15) is 0 Å². The summed E-state index contributed by atoms with van der Waals surface area (Å²) in [6, 6.07) is 5.68. The van der Waals surface area contributed by atoms with Crippen molar-refractivity contribution in [2.45, 2.75) is 106 Å². The van der Waals surface area contributed by atoms with Crippen LogP contribution in [0.4, 0.5) is 5.69 Å². The highest BCUT2D eigenvalue weighted by atomic mass is 16.5. The molecule has 0 unspecified atom stereocenters. The molecule has 0 fully saturated rings. The third-order valence-electron chi connectivity index (χ3n) is 6.94. The van der Waals surface area contributed by atoms with Gasteiger partial charge in [-0.3, -0.25) is 4.79 Å². The number of hydrogen-bond acceptors (Lipinski definition) is 4. The Hall–Kier alpha value is -3.21. The van der Waals surface area contributed by atoms with Crippen LogP contribution >= 0.6 is 0 Å². The largest absolute Gasteiger partial charge is 0.485 e. The monoisotopic (exact) mass is 548 g/mol. The Morgan fingerprint density at radius 2 is 1.38 bits per heavy atom. The summed E-state index contributed by atoms with van der Waals surface area (Å²) in [4.78, 5) is 13.9. The van der Waals surface area contributed by atoms with Crippen molar-refractivity contribution in [2.75, 3.05) is 18.9 Å². The molecule has 0 aliphatic carbocycles. The first kappa shape index (κ1) is 33.0. The van der Waals surface area contributed by atoms with Crippen LogP contribution in [0, 0.1) is 0 Å². The molecule has 2 aromatic rings. The highest BCUT2D eigenvalue weighted by molar-refractivity contribution is 5.90. The molecule has 5 heteroatoms. The van der Waals surface area contributed by atoms with Crippen LogP contribution in [-0.4, -0.2) is 17.8 Å². The second-order valence-electron chi connectivity index (χ2n) is 11.3. The van der Waals surface area contributed by atoms with Crippen LogP contribution in [0.5, 0.6) is 11.5 Å². The van der Waals surface area contributed by atoms with Gasteiger partial charge in [-0.1, -0.05) is 60.6 Å². The summed E-state index contributed by atoms with van der Waals surface area (Å²) in [6.45, 7) is 16.2. The van der Waals surface area contributed by atoms with E-state index in [1.165, 1.54) is 22.3 Å². The number of fused-ring (bicyclic) bond motifs is 1. The van der Waals surface area contributed by atoms with E-state index in [1.54, 1.807) is 0 Å². The van der Waals surface area contributed by atoms with Crippen molar-refractivity contribution in [3.8, 4) is 11.5 Å². The molecular weight excluding hydrogens is 496 g/mol. The van der Waals surface area contributed by atoms with Crippen LogP contribution in [0.15, 0.2) is 69.6 Å². The number of anilines is 1. The third kappa shape index (κ3) is 11.1. The molecular formula is C35H52N2O3. The zero-order valence-electron chi connectivity index (χ0n) is 26.1. The number of nitrogens with zero attached hydrogens (tertiary/aromatic N) is 1. The van der Waals surface area contributed by atoms with Gasteiger partial charge in [0.25, 0.3) is 5.56 Å². The highest BCUT2D eigenvalue weighted by Crippen LogP contribution is 2.34. The molecule has 0 aliphatic rings. The first-order valence-corrected chi connectivity index (χ1v) is 14.9. The summed E-state index contributed by atoms with van der Waals surface area (Å²) in [5, 5.41) is 0.846. The van der Waals surface area contributed by atoms with E-state index in [0.717, 1.165) is 62.3 Å². The van der Waals surface area contributed by atoms with E-state index in [0.29, 0.717) is 31.2 Å². The summed E-state index contributed by atoms with van der Waals surface area (Å²) >= 11 is 0. The van der Waals surface area contributed by atoms with E-state index in [2.05, 4.69) is 72.8 Å². The number of benzene rings is 1. The smallest absolute Gasteiger partial charge is 0.297 e. The maximum absolute atomic E-state index is 13.9. The second-order valence-corrected chi connectivity index (χ2v) is 11.3. The van der Waals surface area contributed by atoms with Gasteiger partial charge in [0.1, 0.15) is 13.2 Å². The molecule has 0 saturated carbocycles. The number of pyridine rings is 1. The van der Waals surface area contributed by atoms with Crippen molar-refractivity contribution in [2.24, 2.45) is 0 Å². The Balaban J connectivity index is 2.42. The van der Waals surface area contributed by atoms with E-state index < -0.39 is 0 Å². The molecule has 0 atom stereocenters. The Bertz CT molecular complexity index is 1270. The SMILES string of the molecule is CCCCCCn1c(=O)c(OCC=C(C)CCC=C(C)C)c(OCC=C(C)CCC=C(C)C)c2ccc(N)cc21. The summed E-state index contributed by atoms with van der Waals surface area (Å²) in [5.41, 5.74) is 12.6. The maximum Gasteiger partial charge on any atom is 0.297 e. The summed E-state index contributed by atoms with van der Waals surface area (Å²) in [7, 11) is 0. The Kier molecular flexibility index (Phi) is 14.4. The van der Waals surface area contributed by atoms with Crippen molar-refractivity contribution in [3.05, 3.63) is 75.1 Å². The molecule has 0 bridgehead atoms. The molecule has 40 heavy (non-hydrogen) atoms. The van der Waals surface area contributed by atoms with E-state index in [4.69, 9.17) is 15.2 Å². The zero-order chi connectivity index (χ0) is 29.5. The van der Waals surface area contributed by atoms with Crippen LogP contribution in [0.1, 0.15) is 99.8 Å². The number of nitrogens with two attached hydrogens (primary N) is 1. The lowest BCUT2D eigenvalue weighted by Crippen LogP contribution is -2.24. The molecule has 2 N–H and O–H groups in total. The summed E-state index contributed by atoms with van der Waals surface area (Å²) in [5.74, 6) is 0.769. The van der Waals surface area contributed by atoms with E-state index >= 15 is 0 Å². The number of aryl methyl sites for hydroxylation is 1. The predicted octanol–water partition coefficient (Wildman–Crippen LogP) is 9.31. The lowest BCUT2D eigenvalue weighted by Gasteiger charge is -2.18. The number of rotatable bonds is 17. The van der Waals surface area contributed by atoms with Crippen LogP contribution in [0.25, 0.3) is 10.9 Å². The summed E-state index contributed by atoms with van der Waals surface area (Å²) in [6.07, 6.45) is 16.9. The van der Waals surface area contributed by atoms with Gasteiger partial charge >= 0.3 is 0 Å². The molecule has 0 aliphatic heterocycles. The number of aromatic nitrogens is 1. The minimum Gasteiger partial charge on any atom is -0.485 e. The van der Waals surface area contributed by atoms with Crippen molar-refractivity contribution in [1.82, 2.24) is 4.57 Å². The van der Waals surface area contributed by atoms with Gasteiger partial charge in [-0.15, -0.1) is 0 Å². The minimum absolute atomic E-state index is 0.163. The van der Waals surface area contributed by atoms with E-state index in [-0.39, 0.29) is 11.3 Å². The number of ether oxygens (including phenoxy) is 2. The first-order valence-electron chi connectivity index (χ1n) is 14.9. The molecule has 0 radical (unpaired) electrons. The number of nitrogen functional groups attached to an aromatic ring is 1. The Morgan fingerprint density at radius 1 is 0.800 bits per heavy atom. The Morgan fingerprint density at radius 3 is 1.93 bits per heavy atom. The van der Waals surface area contributed by atoms with Crippen LogP contribution in [0.2, 0.25) is 0 Å². The van der Waals surface area contributed by atoms with Crippen molar-refractivity contribution in [1.29, 1.82) is 0 Å². The fourth-order valence-electron chi connectivity index (χ4n) is 4.52. The van der Waals surface area contributed by atoms with Crippen molar-refractivity contribution in [3.63, 3.8) is 0 Å². The second kappa shape index (κ2) is 17.5. The quantitative estimate of drug-likeness (QED) is 0.121. The van der Waals surface area contributed by atoms with Gasteiger partial charge in [-0.05, 0) is 104 Å². The van der Waals surface area contributed by atoms with Gasteiger partial charge in [0.05, 0.1) is 5.52 Å². The van der Waals surface area contributed by atoms with Gasteiger partial charge < -0.3 is 19.8 Å². The molecule has 220 valence electrons. The molecule has 1 heterocycles. The molecule has 0 spiro atoms. The van der Waals surface area contributed by atoms with Gasteiger partial charge in [-0.25, -0.2) is 0 Å². The molecule has 5 nitrogen and oxygen atoms in total. The molecule has 2 rings (SSSR count). The van der Waals surface area contributed by atoms with Crippen LogP contribution in [-0.2, 0) is 6.54 Å². The minimum atomic E-state index is -0.163. The van der Waals surface area contributed by atoms with Gasteiger partial charge in [0.2, 0.25) is 5.75 Å². The van der Waals surface area contributed by atoms with E-state index in [1.807, 2.05) is 22.8 Å². The third-order valence-corrected chi connectivity index (χ3v) is 6.94. The van der Waals surface area contributed by atoms with Crippen molar-refractivity contribution < 1.29 is 9.47 Å². The van der Waals surface area contributed by atoms with Crippen LogP contribution in [0.3, 0.4) is 0 Å². The van der Waals surface area contributed by atoms with Gasteiger partial charge in [0, 0.05) is 17.6 Å². The number of hydrogen-bond donors (Lipinski definition) is 1. The average Bonchev–Trinajstić information content (AvgIpc) is 2.89. The summed E-state index contributed by atoms with van der Waals surface area (Å²) < 4.78 is 14.3. The zero-order valence-corrected chi connectivity index (χ0v) is 26.1. The highest BCUT2D eigenvalue weighted by Gasteiger charge is 2.20. The van der Waals surface area contributed by atoms with Crippen molar-refractivity contribution >= 4 is 16.6 Å². The van der Waals surface area contributed by atoms with E-state index in [9.17, 15) is 4.79 Å². The fraction of sp³-hybridized carbons (Fsp3) is 0.514. The number of allylic oxidation sites excluding steroid dienone is 6. The number of unbranched alkanes of at least 4 members (excludes halogenated alkanes) is 3. The topological polar surface area (TPSA) is 66.5 Å². The normalized spacial score (nSPS) is 12.0. The molecule has 1 aromatic heterocycles. The fourth-order valence-corrected chi connectivity index (χ4v) is 4.52. The maximum atomic E-state index is 13.9. The molecule has 0 saturated heterocycles. The Labute approximate surface area is 242 Å².